The molecule has 3 aromatic heterocycles. The molecule has 0 spiro atoms. The number of aliphatic carboxylic acids is 2. The number of hydrogen-bond donors (Lipinski definition) is 17. The summed E-state index contributed by atoms with van der Waals surface area (Å²) in [7, 11) is 2.07. The van der Waals surface area contributed by atoms with E-state index < -0.39 is 169 Å². The van der Waals surface area contributed by atoms with Gasteiger partial charge in [0.1, 0.15) is 54.4 Å². The molecule has 1 unspecified atom stereocenters. The van der Waals surface area contributed by atoms with Crippen molar-refractivity contribution in [3.05, 3.63) is 90.3 Å². The number of aliphatic hydroxyl groups is 1. The number of aromatic amines is 3. The molecule has 2 aromatic carbocycles. The summed E-state index contributed by atoms with van der Waals surface area (Å²) in [5.41, 5.74) is 2.91. The molecule has 0 bridgehead atoms. The van der Waals surface area contributed by atoms with Crippen LogP contribution < -0.4 is 58.5 Å². The maximum Gasteiger partial charge on any atom is 0.328 e. The summed E-state index contributed by atoms with van der Waals surface area (Å²) in [5, 5.41) is 59.9. The van der Waals surface area contributed by atoms with Gasteiger partial charge in [0.05, 0.1) is 19.0 Å². The van der Waals surface area contributed by atoms with E-state index in [4.69, 9.17) is 0 Å². The number of amides is 11. The third kappa shape index (κ3) is 23.7. The smallest absolute Gasteiger partial charge is 0.328 e. The number of hydrogen-bond acceptors (Lipinski definition) is 17. The van der Waals surface area contributed by atoms with E-state index in [0.717, 1.165) is 39.4 Å². The van der Waals surface area contributed by atoms with Gasteiger partial charge in [0, 0.05) is 89.7 Å². The second-order valence-corrected chi connectivity index (χ2v) is 27.9. The van der Waals surface area contributed by atoms with Gasteiger partial charge < -0.3 is 88.8 Å². The first-order valence-corrected chi connectivity index (χ1v) is 34.7. The summed E-state index contributed by atoms with van der Waals surface area (Å²) < 4.78 is 0. The fourth-order valence-corrected chi connectivity index (χ4v) is 12.9. The molecule has 0 aliphatic carbocycles. The molecular weight excluding hydrogens is 1310 g/mol. The topological polar surface area (TPSA) is 475 Å². The third-order valence-electron chi connectivity index (χ3n) is 15.9. The maximum atomic E-state index is 14.8. The van der Waals surface area contributed by atoms with Gasteiger partial charge in [-0.25, -0.2) is 9.78 Å². The molecule has 33 heteroatoms. The molecule has 1 aliphatic heterocycles. The normalized spacial score (nSPS) is 23.3. The third-order valence-corrected chi connectivity index (χ3v) is 18.3. The number of carboxylic acids is 2. The lowest BCUT2D eigenvalue weighted by molar-refractivity contribution is -0.145. The van der Waals surface area contributed by atoms with E-state index >= 15 is 0 Å². The number of nitrogens with one attached hydrogen (secondary N) is 14. The lowest BCUT2D eigenvalue weighted by Crippen LogP contribution is -2.61. The molecular formula is C65H89N15O16S2. The molecule has 11 atom stereocenters. The van der Waals surface area contributed by atoms with Crippen molar-refractivity contribution in [2.75, 3.05) is 18.1 Å². The van der Waals surface area contributed by atoms with Gasteiger partial charge in [-0.3, -0.25) is 57.5 Å². The van der Waals surface area contributed by atoms with Gasteiger partial charge in [-0.15, -0.1) is 0 Å². The summed E-state index contributed by atoms with van der Waals surface area (Å²) in [6.07, 6.45) is 2.50. The van der Waals surface area contributed by atoms with Crippen LogP contribution in [0.1, 0.15) is 104 Å². The molecule has 17 N–H and O–H groups in total. The number of H-pyrrole nitrogens is 3. The minimum absolute atomic E-state index is 0.00871. The van der Waals surface area contributed by atoms with Crippen LogP contribution in [0.15, 0.2) is 73.4 Å². The number of carbonyl (C=O) groups excluding carboxylic acids is 11. The fraction of sp³-hybridized carbons (Fsp3) is 0.508. The van der Waals surface area contributed by atoms with Gasteiger partial charge in [-0.2, -0.15) is 0 Å². The Morgan fingerprint density at radius 3 is 1.61 bits per heavy atom. The van der Waals surface area contributed by atoms with Gasteiger partial charge in [-0.1, -0.05) is 99.5 Å². The first-order chi connectivity index (χ1) is 46.5. The molecule has 31 nitrogen and oxygen atoms in total. The highest BCUT2D eigenvalue weighted by Gasteiger charge is 2.38. The van der Waals surface area contributed by atoms with Gasteiger partial charge in [-0.05, 0) is 74.1 Å². The minimum Gasteiger partial charge on any atom is -0.481 e. The minimum atomic E-state index is -1.83. The van der Waals surface area contributed by atoms with E-state index in [0.29, 0.717) is 27.7 Å². The predicted octanol–water partition coefficient (Wildman–Crippen LogP) is 0.248. The number of benzene rings is 2. The van der Waals surface area contributed by atoms with Crippen molar-refractivity contribution in [3.63, 3.8) is 0 Å². The summed E-state index contributed by atoms with van der Waals surface area (Å²) >= 11 is 0. The zero-order chi connectivity index (χ0) is 71.9. The number of aliphatic hydroxyl groups excluding tert-OH is 1. The standard InChI is InChI=1S/C65H89N15O16S2/c1-32(2)21-45-57(87)69-29-52(83)72-44(17-18-53(84)85)58(88)75-46(22-33(3)4)62(92)79-54(34(5)6)64(94)77-48(24-38-27-68-43-16-12-10-14-41(38)43)60(90)78-50(63(93)80-55(36(8)81)65(95)96)30-98-97-20-19-51(82)71-35(7)56(86)73-47(23-37-26-67-42-15-11-9-13-40(37)42)59(89)76-49(61(91)74-45)25-39-28-66-31-70-39/h9-16,26-28,31-36,44-50,54-55,67-68,81H,17-25,29-30H2,1-8H3,(H,66,70)(H,69,87)(H,71,82)(H,72,83)(H,73,86)(H,74,91)(H,75,88)(H,76,89)(H,77,94)(H,78,90)(H,79,92)(H,80,93)(H,84,85)(H,95,96)/t35-,36+,44-,45-,46-,47-,48-,49-,50-,54?,55-/m0/s1. The number of carboxylic acid groups (broad SMARTS) is 2. The van der Waals surface area contributed by atoms with Crippen molar-refractivity contribution in [1.82, 2.24) is 78.4 Å². The molecule has 4 heterocycles. The lowest BCUT2D eigenvalue weighted by Gasteiger charge is -2.29. The maximum absolute atomic E-state index is 14.8. The van der Waals surface area contributed by atoms with Crippen molar-refractivity contribution in [2.45, 2.75) is 173 Å². The van der Waals surface area contributed by atoms with Gasteiger partial charge in [0.2, 0.25) is 65.0 Å². The monoisotopic (exact) mass is 1400 g/mol. The molecule has 98 heavy (non-hydrogen) atoms. The molecule has 1 fully saturated rings. The molecule has 532 valence electrons. The first-order valence-electron chi connectivity index (χ1n) is 32.2. The second kappa shape index (κ2) is 37.3. The van der Waals surface area contributed by atoms with E-state index in [1.54, 1.807) is 96.4 Å². The van der Waals surface area contributed by atoms with Crippen LogP contribution in [-0.2, 0) is 81.6 Å². The average Bonchev–Trinajstić information content (AvgIpc) is 1.71. The number of imidazole rings is 1. The van der Waals surface area contributed by atoms with Crippen LogP contribution in [-0.4, -0.2) is 197 Å². The van der Waals surface area contributed by atoms with Crippen LogP contribution >= 0.6 is 21.6 Å². The molecule has 0 saturated carbocycles. The number of rotatable bonds is 18. The highest BCUT2D eigenvalue weighted by molar-refractivity contribution is 8.76. The molecule has 5 aromatic rings. The number of fused-ring (bicyclic) bond motifs is 2. The summed E-state index contributed by atoms with van der Waals surface area (Å²) in [5.74, 6) is -14.1. The van der Waals surface area contributed by atoms with Crippen LogP contribution in [0.2, 0.25) is 0 Å². The van der Waals surface area contributed by atoms with Crippen LogP contribution in [0.3, 0.4) is 0 Å². The Morgan fingerprint density at radius 1 is 0.571 bits per heavy atom. The number of carbonyl (C=O) groups is 13. The number of nitrogens with zero attached hydrogens (tertiary/aromatic N) is 1. The lowest BCUT2D eigenvalue weighted by atomic mass is 9.98. The van der Waals surface area contributed by atoms with Crippen LogP contribution in [0.5, 0.6) is 0 Å². The Bertz CT molecular complexity index is 3630. The average molecular weight is 1400 g/mol. The fourth-order valence-electron chi connectivity index (χ4n) is 10.7. The highest BCUT2D eigenvalue weighted by Crippen LogP contribution is 2.25. The van der Waals surface area contributed by atoms with Crippen molar-refractivity contribution in [2.24, 2.45) is 17.8 Å². The molecule has 0 radical (unpaired) electrons. The first kappa shape index (κ1) is 77.5. The van der Waals surface area contributed by atoms with Crippen molar-refractivity contribution in [1.29, 1.82) is 0 Å². The Kier molecular flexibility index (Phi) is 29.5. The zero-order valence-corrected chi connectivity index (χ0v) is 57.3. The molecule has 6 rings (SSSR count). The Labute approximate surface area is 573 Å². The van der Waals surface area contributed by atoms with Gasteiger partial charge >= 0.3 is 11.9 Å². The van der Waals surface area contributed by atoms with Crippen molar-refractivity contribution < 1.29 is 77.6 Å². The summed E-state index contributed by atoms with van der Waals surface area (Å²) in [4.78, 5) is 194. The second-order valence-electron chi connectivity index (χ2n) is 25.2. The predicted molar refractivity (Wildman–Crippen MR) is 364 cm³/mol. The Hall–Kier alpha value is -9.50. The quantitative estimate of drug-likeness (QED) is 0.0523. The van der Waals surface area contributed by atoms with Crippen LogP contribution in [0, 0.1) is 17.8 Å². The van der Waals surface area contributed by atoms with E-state index in [-0.39, 0.29) is 61.9 Å². The Balaban J connectivity index is 1.36. The van der Waals surface area contributed by atoms with Crippen LogP contribution in [0.4, 0.5) is 0 Å². The number of aromatic nitrogens is 4. The number of para-hydroxylation sites is 2. The Morgan fingerprint density at radius 2 is 1.08 bits per heavy atom. The van der Waals surface area contributed by atoms with Gasteiger partial charge in [0.25, 0.3) is 0 Å². The van der Waals surface area contributed by atoms with Gasteiger partial charge in [0.15, 0.2) is 6.04 Å². The van der Waals surface area contributed by atoms with Crippen molar-refractivity contribution >= 4 is 120 Å². The highest BCUT2D eigenvalue weighted by atomic mass is 33.1. The van der Waals surface area contributed by atoms with E-state index in [1.165, 1.54) is 19.4 Å². The SMILES string of the molecule is CC(C)C[C@@H]1NC(=O)[C@H](Cc2cnc[nH]2)NC(=O)[C@H](Cc2c[nH]c3ccccc23)NC(=O)[C@H](C)NC(=O)CCSSC[C@@H](C(=O)N[C@H](C(=O)O)[C@@H](C)O)NC(=O)[C@H](Cc2c[nH]c3ccccc23)NC(=O)C(C(C)C)NC(=O)[C@H](CC(C)C)NC(=O)[C@H](CCC(=O)O)NC(=O)CNC1=O. The van der Waals surface area contributed by atoms with E-state index in [2.05, 4.69) is 78.4 Å². The largest absolute Gasteiger partial charge is 0.481 e. The van der Waals surface area contributed by atoms with Crippen molar-refractivity contribution in [3.8, 4) is 0 Å². The van der Waals surface area contributed by atoms with Crippen LogP contribution in [0.25, 0.3) is 21.8 Å². The summed E-state index contributed by atoms with van der Waals surface area (Å²) in [6, 6.07) is -0.559. The van der Waals surface area contributed by atoms with E-state index in [1.807, 2.05) is 6.07 Å². The van der Waals surface area contributed by atoms with E-state index in [9.17, 15) is 77.6 Å². The molecule has 1 saturated heterocycles. The molecule has 1 aliphatic rings. The zero-order valence-electron chi connectivity index (χ0n) is 55.7. The molecule has 11 amide bonds. The summed E-state index contributed by atoms with van der Waals surface area (Å²) in [6.45, 7) is 11.9.